The summed E-state index contributed by atoms with van der Waals surface area (Å²) in [6.07, 6.45) is 4.57. The van der Waals surface area contributed by atoms with Crippen molar-refractivity contribution in [3.05, 3.63) is 30.1 Å². The zero-order chi connectivity index (χ0) is 17.5. The maximum Gasteiger partial charge on any atom is 0.262 e. The Morgan fingerprint density at radius 3 is 2.67 bits per heavy atom. The second-order valence-corrected chi connectivity index (χ2v) is 8.08. The minimum Gasteiger partial charge on any atom is -0.363 e. The molecular formula is C15H22N6O2S. The normalized spacial score (nSPS) is 18.9. The smallest absolute Gasteiger partial charge is 0.262 e. The standard InChI is InChI=1S/C15H22N6O2S/c1-11-17-12(8-14(18-11)19(2)3)13-6-5-7-21(13)24(22,23)15-9-20(4)10-16-15/h8-10,13H,5-7H2,1-4H3. The molecule has 2 aromatic rings. The molecule has 3 heterocycles. The molecule has 24 heavy (non-hydrogen) atoms. The monoisotopic (exact) mass is 350 g/mol. The van der Waals surface area contributed by atoms with Gasteiger partial charge in [0.25, 0.3) is 10.0 Å². The summed E-state index contributed by atoms with van der Waals surface area (Å²) in [6, 6.07) is 1.58. The second kappa shape index (κ2) is 6.14. The topological polar surface area (TPSA) is 84.2 Å². The third kappa shape index (κ3) is 3.01. The first kappa shape index (κ1) is 16.8. The van der Waals surface area contributed by atoms with Crippen molar-refractivity contribution >= 4 is 15.8 Å². The van der Waals surface area contributed by atoms with E-state index >= 15 is 0 Å². The van der Waals surface area contributed by atoms with E-state index in [9.17, 15) is 8.42 Å². The van der Waals surface area contributed by atoms with Gasteiger partial charge in [-0.3, -0.25) is 0 Å². The van der Waals surface area contributed by atoms with Crippen molar-refractivity contribution in [2.24, 2.45) is 7.05 Å². The lowest BCUT2D eigenvalue weighted by Gasteiger charge is -2.24. The van der Waals surface area contributed by atoms with Gasteiger partial charge >= 0.3 is 0 Å². The Bertz CT molecular complexity index is 845. The summed E-state index contributed by atoms with van der Waals surface area (Å²) in [4.78, 5) is 14.8. The van der Waals surface area contributed by atoms with E-state index in [0.717, 1.165) is 24.4 Å². The fraction of sp³-hybridized carbons (Fsp3) is 0.533. The highest BCUT2D eigenvalue weighted by molar-refractivity contribution is 7.89. The molecule has 1 aliphatic rings. The molecule has 0 aromatic carbocycles. The molecule has 0 N–H and O–H groups in total. The van der Waals surface area contributed by atoms with Crippen LogP contribution in [0.15, 0.2) is 23.6 Å². The van der Waals surface area contributed by atoms with E-state index in [1.807, 2.05) is 32.0 Å². The van der Waals surface area contributed by atoms with Gasteiger partial charge in [-0.1, -0.05) is 0 Å². The van der Waals surface area contributed by atoms with Crippen LogP contribution >= 0.6 is 0 Å². The van der Waals surface area contributed by atoms with E-state index in [2.05, 4.69) is 15.0 Å². The van der Waals surface area contributed by atoms with Crippen LogP contribution in [0, 0.1) is 6.92 Å². The van der Waals surface area contributed by atoms with Gasteiger partial charge in [-0.05, 0) is 19.8 Å². The molecule has 1 saturated heterocycles. The van der Waals surface area contributed by atoms with E-state index < -0.39 is 10.0 Å². The highest BCUT2D eigenvalue weighted by atomic mass is 32.2. The summed E-state index contributed by atoms with van der Waals surface area (Å²) >= 11 is 0. The SMILES string of the molecule is Cc1nc(C2CCCN2S(=O)(=O)c2cn(C)cn2)cc(N(C)C)n1. The average molecular weight is 350 g/mol. The van der Waals surface area contributed by atoms with E-state index in [-0.39, 0.29) is 11.1 Å². The number of imidazole rings is 1. The molecule has 9 heteroatoms. The van der Waals surface area contributed by atoms with Crippen molar-refractivity contribution in [1.82, 2.24) is 23.8 Å². The molecular weight excluding hydrogens is 328 g/mol. The molecule has 0 bridgehead atoms. The fourth-order valence-electron chi connectivity index (χ4n) is 2.94. The lowest BCUT2D eigenvalue weighted by molar-refractivity contribution is 0.388. The Hall–Kier alpha value is -2.00. The number of nitrogens with zero attached hydrogens (tertiary/aromatic N) is 6. The lowest BCUT2D eigenvalue weighted by atomic mass is 10.1. The van der Waals surface area contributed by atoms with Crippen LogP contribution in [0.3, 0.4) is 0 Å². The largest absolute Gasteiger partial charge is 0.363 e. The van der Waals surface area contributed by atoms with Gasteiger partial charge in [0, 0.05) is 40.0 Å². The third-order valence-electron chi connectivity index (χ3n) is 4.10. The molecule has 0 amide bonds. The summed E-state index contributed by atoms with van der Waals surface area (Å²) < 4.78 is 29.0. The minimum atomic E-state index is -3.63. The number of anilines is 1. The van der Waals surface area contributed by atoms with Gasteiger partial charge in [-0.25, -0.2) is 23.4 Å². The van der Waals surface area contributed by atoms with Crippen LogP contribution in [0.2, 0.25) is 0 Å². The highest BCUT2D eigenvalue weighted by Crippen LogP contribution is 2.36. The molecule has 1 atom stereocenters. The van der Waals surface area contributed by atoms with E-state index in [0.29, 0.717) is 12.4 Å². The Morgan fingerprint density at radius 1 is 1.29 bits per heavy atom. The van der Waals surface area contributed by atoms with Crippen LogP contribution in [0.25, 0.3) is 0 Å². The van der Waals surface area contributed by atoms with Crippen LogP contribution in [0.4, 0.5) is 5.82 Å². The van der Waals surface area contributed by atoms with Crippen molar-refractivity contribution < 1.29 is 8.42 Å². The van der Waals surface area contributed by atoms with E-state index in [4.69, 9.17) is 0 Å². The van der Waals surface area contributed by atoms with Crippen LogP contribution in [0.5, 0.6) is 0 Å². The first-order chi connectivity index (χ1) is 11.3. The van der Waals surface area contributed by atoms with Crippen molar-refractivity contribution in [2.75, 3.05) is 25.5 Å². The molecule has 130 valence electrons. The Morgan fingerprint density at radius 2 is 2.04 bits per heavy atom. The number of aryl methyl sites for hydroxylation is 2. The molecule has 8 nitrogen and oxygen atoms in total. The van der Waals surface area contributed by atoms with Crippen molar-refractivity contribution in [1.29, 1.82) is 0 Å². The van der Waals surface area contributed by atoms with Gasteiger partial charge in [0.1, 0.15) is 11.6 Å². The van der Waals surface area contributed by atoms with Crippen molar-refractivity contribution in [3.63, 3.8) is 0 Å². The minimum absolute atomic E-state index is 0.0792. The number of rotatable bonds is 4. The Labute approximate surface area is 142 Å². The summed E-state index contributed by atoms with van der Waals surface area (Å²) in [5.74, 6) is 1.41. The number of aromatic nitrogens is 4. The van der Waals surface area contributed by atoms with Gasteiger partial charge in [0.05, 0.1) is 18.1 Å². The molecule has 1 aliphatic heterocycles. The van der Waals surface area contributed by atoms with Gasteiger partial charge in [0.2, 0.25) is 0 Å². The summed E-state index contributed by atoms with van der Waals surface area (Å²) in [5, 5.41) is 0.0792. The van der Waals surface area contributed by atoms with Crippen LogP contribution in [-0.4, -0.2) is 52.9 Å². The first-order valence-corrected chi connectivity index (χ1v) is 9.26. The Kier molecular flexibility index (Phi) is 4.31. The molecule has 0 spiro atoms. The second-order valence-electron chi connectivity index (χ2n) is 6.24. The molecule has 1 fully saturated rings. The van der Waals surface area contributed by atoms with Crippen LogP contribution in [0.1, 0.15) is 30.4 Å². The van der Waals surface area contributed by atoms with Crippen LogP contribution in [-0.2, 0) is 17.1 Å². The molecule has 2 aromatic heterocycles. The quantitative estimate of drug-likeness (QED) is 0.821. The first-order valence-electron chi connectivity index (χ1n) is 7.82. The van der Waals surface area contributed by atoms with Gasteiger partial charge in [-0.2, -0.15) is 4.31 Å². The van der Waals surface area contributed by atoms with Crippen LogP contribution < -0.4 is 4.90 Å². The summed E-state index contributed by atoms with van der Waals surface area (Å²) in [6.45, 7) is 2.30. The number of sulfonamides is 1. The van der Waals surface area contributed by atoms with E-state index in [1.54, 1.807) is 11.6 Å². The Balaban J connectivity index is 2.00. The summed E-state index contributed by atoms with van der Waals surface area (Å²) in [5.41, 5.74) is 0.739. The fourth-order valence-corrected chi connectivity index (χ4v) is 4.58. The average Bonchev–Trinajstić information content (AvgIpc) is 3.15. The summed E-state index contributed by atoms with van der Waals surface area (Å²) in [7, 11) is 1.93. The molecule has 1 unspecified atom stereocenters. The number of hydrogen-bond donors (Lipinski definition) is 0. The zero-order valence-corrected chi connectivity index (χ0v) is 15.2. The predicted octanol–water partition coefficient (Wildman–Crippen LogP) is 1.11. The van der Waals surface area contributed by atoms with Crippen molar-refractivity contribution in [2.45, 2.75) is 30.8 Å². The predicted molar refractivity (Wildman–Crippen MR) is 90.2 cm³/mol. The van der Waals surface area contributed by atoms with Gasteiger partial charge in [-0.15, -0.1) is 0 Å². The molecule has 0 saturated carbocycles. The molecule has 3 rings (SSSR count). The van der Waals surface area contributed by atoms with E-state index in [1.165, 1.54) is 16.8 Å². The molecule has 0 radical (unpaired) electrons. The zero-order valence-electron chi connectivity index (χ0n) is 14.3. The van der Waals surface area contributed by atoms with Crippen molar-refractivity contribution in [3.8, 4) is 0 Å². The maximum atomic E-state index is 12.9. The molecule has 0 aliphatic carbocycles. The lowest BCUT2D eigenvalue weighted by Crippen LogP contribution is -2.31. The highest BCUT2D eigenvalue weighted by Gasteiger charge is 2.38. The van der Waals surface area contributed by atoms with Gasteiger partial charge < -0.3 is 9.47 Å². The third-order valence-corrected chi connectivity index (χ3v) is 5.90. The van der Waals surface area contributed by atoms with Gasteiger partial charge in [0.15, 0.2) is 5.03 Å². The maximum absolute atomic E-state index is 12.9. The number of hydrogen-bond acceptors (Lipinski definition) is 6.